The van der Waals surface area contributed by atoms with Gasteiger partial charge in [0.1, 0.15) is 10.7 Å². The Labute approximate surface area is 218 Å². The quantitative estimate of drug-likeness (QED) is 0.437. The van der Waals surface area contributed by atoms with Crippen LogP contribution in [-0.2, 0) is 24.8 Å². The minimum absolute atomic E-state index is 0.00739. The molecule has 0 bridgehead atoms. The highest BCUT2D eigenvalue weighted by atomic mass is 35.5. The molecule has 1 aliphatic heterocycles. The topological polar surface area (TPSA) is 106 Å². The molecule has 1 aliphatic rings. The Morgan fingerprint density at radius 3 is 2.31 bits per heavy atom. The molecule has 35 heavy (non-hydrogen) atoms. The molecule has 0 aliphatic carbocycles. The number of nitrogens with one attached hydrogen (secondary N) is 1. The third-order valence-electron chi connectivity index (χ3n) is 5.14. The molecule has 186 valence electrons. The van der Waals surface area contributed by atoms with Gasteiger partial charge in [-0.05, 0) is 61.0 Å². The number of halogens is 2. The van der Waals surface area contributed by atoms with Crippen LogP contribution in [0.25, 0.3) is 0 Å². The maximum absolute atomic E-state index is 12.8. The highest BCUT2D eigenvalue weighted by Gasteiger charge is 2.26. The van der Waals surface area contributed by atoms with Gasteiger partial charge in [0.15, 0.2) is 0 Å². The van der Waals surface area contributed by atoms with E-state index in [2.05, 4.69) is 9.71 Å². The van der Waals surface area contributed by atoms with Crippen LogP contribution < -0.4 is 4.72 Å². The first-order valence-electron chi connectivity index (χ1n) is 10.4. The van der Waals surface area contributed by atoms with E-state index >= 15 is 0 Å². The average molecular weight is 575 g/mol. The summed E-state index contributed by atoms with van der Waals surface area (Å²) in [5.74, 6) is 0.143. The van der Waals surface area contributed by atoms with Gasteiger partial charge in [-0.1, -0.05) is 35.0 Å². The molecule has 4 rings (SSSR count). The minimum Gasteiger partial charge on any atom is -0.379 e. The van der Waals surface area contributed by atoms with Gasteiger partial charge >= 0.3 is 0 Å². The van der Waals surface area contributed by atoms with Crippen molar-refractivity contribution in [3.05, 3.63) is 70.3 Å². The lowest BCUT2D eigenvalue weighted by Gasteiger charge is -2.26. The number of hydrogen-bond acceptors (Lipinski definition) is 7. The maximum Gasteiger partial charge on any atom is 0.264 e. The molecule has 0 spiro atoms. The number of hydrogen-bond donors (Lipinski definition) is 1. The molecule has 0 radical (unpaired) electrons. The predicted octanol–water partition coefficient (Wildman–Crippen LogP) is 4.67. The molecule has 2 aromatic carbocycles. The predicted molar refractivity (Wildman–Crippen MR) is 136 cm³/mol. The second kappa shape index (κ2) is 10.6. The monoisotopic (exact) mass is 573 g/mol. The van der Waals surface area contributed by atoms with E-state index in [1.54, 1.807) is 36.5 Å². The molecule has 1 saturated heterocycles. The fraction of sp³-hybridized carbons (Fsp3) is 0.227. The molecule has 13 heteroatoms. The number of nitrogens with zero attached hydrogens (tertiary/aromatic N) is 2. The number of rotatable bonds is 7. The van der Waals surface area contributed by atoms with E-state index in [0.29, 0.717) is 31.3 Å². The minimum atomic E-state index is -3.96. The van der Waals surface area contributed by atoms with Gasteiger partial charge in [0.25, 0.3) is 10.0 Å². The van der Waals surface area contributed by atoms with Crippen molar-refractivity contribution in [3.8, 4) is 0 Å². The Bertz CT molecular complexity index is 1440. The first-order valence-corrected chi connectivity index (χ1v) is 14.9. The van der Waals surface area contributed by atoms with Crippen LogP contribution in [0.15, 0.2) is 74.3 Å². The molecule has 0 unspecified atom stereocenters. The van der Waals surface area contributed by atoms with Gasteiger partial charge in [0.05, 0.1) is 23.1 Å². The van der Waals surface area contributed by atoms with Crippen molar-refractivity contribution in [2.45, 2.75) is 26.5 Å². The second-order valence-corrected chi connectivity index (χ2v) is 13.2. The standard InChI is InChI=1S/C22H21Cl2N3O5S3/c1-15-12-22(26-34(28,29)21-7-2-16(23)13-19(21)24)25-14-20(15)33-17-3-5-18(6-4-17)35(30,31)27-8-10-32-11-9-27/h2-7,12-14H,8-11H2,1H3,(H,25,26). The van der Waals surface area contributed by atoms with Crippen LogP contribution in [0.3, 0.4) is 0 Å². The van der Waals surface area contributed by atoms with Gasteiger partial charge in [-0.2, -0.15) is 4.31 Å². The summed E-state index contributed by atoms with van der Waals surface area (Å²) >= 11 is 13.3. The van der Waals surface area contributed by atoms with Crippen LogP contribution in [0, 0.1) is 6.92 Å². The van der Waals surface area contributed by atoms with E-state index in [0.717, 1.165) is 15.4 Å². The summed E-state index contributed by atoms with van der Waals surface area (Å²) < 4.78 is 60.1. The normalized spacial score (nSPS) is 15.2. The lowest BCUT2D eigenvalue weighted by molar-refractivity contribution is 0.0730. The number of aromatic nitrogens is 1. The molecule has 1 fully saturated rings. The van der Waals surface area contributed by atoms with Crippen molar-refractivity contribution in [3.63, 3.8) is 0 Å². The number of anilines is 1. The van der Waals surface area contributed by atoms with Crippen LogP contribution in [0.4, 0.5) is 5.82 Å². The van der Waals surface area contributed by atoms with Crippen molar-refractivity contribution in [1.29, 1.82) is 0 Å². The Morgan fingerprint density at radius 2 is 1.69 bits per heavy atom. The van der Waals surface area contributed by atoms with Crippen LogP contribution in [0.5, 0.6) is 0 Å². The first kappa shape index (κ1) is 26.2. The number of aryl methyl sites for hydroxylation is 1. The van der Waals surface area contributed by atoms with Gasteiger partial charge < -0.3 is 4.74 Å². The summed E-state index contributed by atoms with van der Waals surface area (Å²) in [7, 11) is -7.52. The summed E-state index contributed by atoms with van der Waals surface area (Å²) in [5.41, 5.74) is 0.787. The fourth-order valence-electron chi connectivity index (χ4n) is 3.33. The highest BCUT2D eigenvalue weighted by molar-refractivity contribution is 7.99. The van der Waals surface area contributed by atoms with E-state index in [1.807, 2.05) is 6.92 Å². The van der Waals surface area contributed by atoms with Gasteiger partial charge in [0, 0.05) is 34.1 Å². The SMILES string of the molecule is Cc1cc(NS(=O)(=O)c2ccc(Cl)cc2Cl)ncc1Sc1ccc(S(=O)(=O)N2CCOCC2)cc1. The Balaban J connectivity index is 1.47. The first-order chi connectivity index (χ1) is 16.6. The average Bonchev–Trinajstić information content (AvgIpc) is 2.81. The summed E-state index contributed by atoms with van der Waals surface area (Å²) in [6.07, 6.45) is 1.56. The molecule has 3 aromatic rings. The third kappa shape index (κ3) is 6.11. The molecule has 0 saturated carbocycles. The van der Waals surface area contributed by atoms with E-state index < -0.39 is 20.0 Å². The zero-order valence-corrected chi connectivity index (χ0v) is 22.4. The van der Waals surface area contributed by atoms with Crippen molar-refractivity contribution in [2.24, 2.45) is 0 Å². The zero-order valence-electron chi connectivity index (χ0n) is 18.4. The highest BCUT2D eigenvalue weighted by Crippen LogP contribution is 2.32. The maximum atomic E-state index is 12.8. The molecule has 1 aromatic heterocycles. The van der Waals surface area contributed by atoms with Crippen molar-refractivity contribution in [1.82, 2.24) is 9.29 Å². The van der Waals surface area contributed by atoms with Crippen LogP contribution >= 0.6 is 35.0 Å². The molecular formula is C22H21Cl2N3O5S3. The zero-order chi connectivity index (χ0) is 25.2. The van der Waals surface area contributed by atoms with E-state index in [9.17, 15) is 16.8 Å². The molecule has 0 atom stereocenters. The van der Waals surface area contributed by atoms with Gasteiger partial charge in [0.2, 0.25) is 10.0 Å². The summed E-state index contributed by atoms with van der Waals surface area (Å²) in [6, 6.07) is 12.4. The lowest BCUT2D eigenvalue weighted by atomic mass is 10.3. The lowest BCUT2D eigenvalue weighted by Crippen LogP contribution is -2.40. The smallest absolute Gasteiger partial charge is 0.264 e. The van der Waals surface area contributed by atoms with E-state index in [-0.39, 0.29) is 20.6 Å². The van der Waals surface area contributed by atoms with Crippen molar-refractivity contribution < 1.29 is 21.6 Å². The van der Waals surface area contributed by atoms with Crippen LogP contribution in [0.2, 0.25) is 10.0 Å². The molecule has 2 heterocycles. The summed E-state index contributed by atoms with van der Waals surface area (Å²) in [4.78, 5) is 5.95. The summed E-state index contributed by atoms with van der Waals surface area (Å²) in [5, 5.41) is 0.337. The van der Waals surface area contributed by atoms with E-state index in [1.165, 1.54) is 34.3 Å². The van der Waals surface area contributed by atoms with Crippen LogP contribution in [-0.4, -0.2) is 52.4 Å². The second-order valence-electron chi connectivity index (χ2n) is 7.61. The van der Waals surface area contributed by atoms with Crippen LogP contribution in [0.1, 0.15) is 5.56 Å². The van der Waals surface area contributed by atoms with Crippen molar-refractivity contribution in [2.75, 3.05) is 31.0 Å². The van der Waals surface area contributed by atoms with Gasteiger partial charge in [-0.15, -0.1) is 0 Å². The largest absolute Gasteiger partial charge is 0.379 e. The number of benzene rings is 2. The molecule has 0 amide bonds. The molecular weight excluding hydrogens is 553 g/mol. The van der Waals surface area contributed by atoms with Crippen molar-refractivity contribution >= 4 is 60.8 Å². The Hall–Kier alpha value is -1.86. The number of morpholine rings is 1. The van der Waals surface area contributed by atoms with Gasteiger partial charge in [-0.3, -0.25) is 4.72 Å². The Morgan fingerprint density at radius 1 is 1.00 bits per heavy atom. The number of sulfonamides is 2. The fourth-order valence-corrected chi connectivity index (χ4v) is 7.37. The Kier molecular flexibility index (Phi) is 7.96. The van der Waals surface area contributed by atoms with E-state index in [4.69, 9.17) is 27.9 Å². The molecule has 1 N–H and O–H groups in total. The van der Waals surface area contributed by atoms with Gasteiger partial charge in [-0.25, -0.2) is 21.8 Å². The summed E-state index contributed by atoms with van der Waals surface area (Å²) in [6.45, 7) is 3.28. The number of pyridine rings is 1. The molecule has 8 nitrogen and oxygen atoms in total. The number of ether oxygens (including phenoxy) is 1. The third-order valence-corrected chi connectivity index (χ3v) is 10.3.